The lowest BCUT2D eigenvalue weighted by molar-refractivity contribution is -0.138. The average Bonchev–Trinajstić information content (AvgIpc) is 2.67. The van der Waals surface area contributed by atoms with Gasteiger partial charge in [0.15, 0.2) is 0 Å². The van der Waals surface area contributed by atoms with Gasteiger partial charge in [-0.25, -0.2) is 0 Å². The molecule has 0 aliphatic carbocycles. The van der Waals surface area contributed by atoms with E-state index in [1.807, 2.05) is 0 Å². The molecule has 144 valence electrons. The third-order valence-corrected chi connectivity index (χ3v) is 4.55. The second-order valence-corrected chi connectivity index (χ2v) is 6.76. The van der Waals surface area contributed by atoms with Crippen LogP contribution in [0.15, 0.2) is 67.1 Å². The number of hydrogen-bond donors (Lipinski definition) is 0. The minimum absolute atomic E-state index is 0.0894. The van der Waals surface area contributed by atoms with E-state index < -0.39 is 17.7 Å². The molecule has 0 aliphatic rings. The predicted octanol–water partition coefficient (Wildman–Crippen LogP) is 5.48. The van der Waals surface area contributed by atoms with Crippen molar-refractivity contribution in [2.24, 2.45) is 0 Å². The Labute approximate surface area is 165 Å². The molecule has 3 rings (SSSR count). The summed E-state index contributed by atoms with van der Waals surface area (Å²) < 4.78 is 40.6. The summed E-state index contributed by atoms with van der Waals surface area (Å²) in [7, 11) is 0. The smallest absolute Gasteiger partial charge is 0.299 e. The molecule has 1 aromatic carbocycles. The Hall–Kier alpha value is -2.73. The Morgan fingerprint density at radius 1 is 1.04 bits per heavy atom. The number of aromatic nitrogens is 2. The average molecular weight is 405 g/mol. The van der Waals surface area contributed by atoms with Gasteiger partial charge in [0.25, 0.3) is 0 Å². The maximum absolute atomic E-state index is 13.5. The van der Waals surface area contributed by atoms with Gasteiger partial charge in [-0.3, -0.25) is 14.8 Å². The first kappa shape index (κ1) is 20.0. The van der Waals surface area contributed by atoms with Crippen LogP contribution in [0.3, 0.4) is 0 Å². The highest BCUT2D eigenvalue weighted by Gasteiger charge is 2.36. The van der Waals surface area contributed by atoms with Crippen molar-refractivity contribution in [3.8, 4) is 0 Å². The first-order chi connectivity index (χ1) is 13.3. The zero-order chi connectivity index (χ0) is 20.1. The van der Waals surface area contributed by atoms with Crippen molar-refractivity contribution in [1.29, 1.82) is 0 Å². The van der Waals surface area contributed by atoms with E-state index in [0.717, 1.165) is 6.07 Å². The van der Waals surface area contributed by atoms with Crippen molar-refractivity contribution < 1.29 is 18.0 Å². The Morgan fingerprint density at radius 2 is 1.75 bits per heavy atom. The number of hydrogen-bond acceptors (Lipinski definition) is 3. The summed E-state index contributed by atoms with van der Waals surface area (Å²) in [5.41, 5.74) is 0.244. The van der Waals surface area contributed by atoms with E-state index in [4.69, 9.17) is 11.6 Å². The van der Waals surface area contributed by atoms with Gasteiger partial charge in [0.1, 0.15) is 5.78 Å². The van der Waals surface area contributed by atoms with Gasteiger partial charge >= 0.3 is 6.18 Å². The van der Waals surface area contributed by atoms with E-state index >= 15 is 0 Å². The molecule has 3 aromatic rings. The molecule has 0 saturated heterocycles. The van der Waals surface area contributed by atoms with E-state index in [2.05, 4.69) is 9.97 Å². The summed E-state index contributed by atoms with van der Waals surface area (Å²) in [6.07, 6.45) is -0.131. The highest BCUT2D eigenvalue weighted by Crippen LogP contribution is 2.38. The Morgan fingerprint density at radius 3 is 2.39 bits per heavy atom. The number of halogens is 4. The largest absolute Gasteiger partial charge is 0.418 e. The maximum atomic E-state index is 13.5. The Kier molecular flexibility index (Phi) is 6.09. The topological polar surface area (TPSA) is 42.9 Å². The van der Waals surface area contributed by atoms with E-state index in [1.165, 1.54) is 12.3 Å². The number of carbonyl (C=O) groups excluding carboxylic acids is 1. The van der Waals surface area contributed by atoms with E-state index in [-0.39, 0.29) is 24.3 Å². The number of carbonyl (C=O) groups is 1. The number of nitrogens with zero attached hydrogens (tertiary/aromatic N) is 2. The lowest BCUT2D eigenvalue weighted by Crippen LogP contribution is -2.18. The van der Waals surface area contributed by atoms with Crippen LogP contribution in [-0.4, -0.2) is 15.8 Å². The molecule has 1 atom stereocenters. The predicted molar refractivity (Wildman–Crippen MR) is 100 cm³/mol. The number of ketones is 1. The fourth-order valence-corrected chi connectivity index (χ4v) is 3.16. The first-order valence-electron chi connectivity index (χ1n) is 8.53. The Bertz CT molecular complexity index is 944. The number of alkyl halides is 3. The highest BCUT2D eigenvalue weighted by atomic mass is 35.5. The zero-order valence-electron chi connectivity index (χ0n) is 14.7. The minimum atomic E-state index is -4.57. The van der Waals surface area contributed by atoms with Gasteiger partial charge in [-0.1, -0.05) is 29.8 Å². The molecular formula is C21H16ClF3N2O. The molecular weight excluding hydrogens is 389 g/mol. The van der Waals surface area contributed by atoms with Gasteiger partial charge in [-0.05, 0) is 41.5 Å². The lowest BCUT2D eigenvalue weighted by Gasteiger charge is -2.21. The molecule has 0 saturated carbocycles. The summed E-state index contributed by atoms with van der Waals surface area (Å²) >= 11 is 5.91. The quantitative estimate of drug-likeness (QED) is 0.546. The minimum Gasteiger partial charge on any atom is -0.299 e. The standard InChI is InChI=1S/C21H16ClF3N2O/c22-16-7-5-15(6-8-16)18(12-17(28)11-14-3-1-9-26-13-14)20-19(21(23,24)25)4-2-10-27-20/h1-10,13,18H,11-12H2/t18-/m0/s1. The zero-order valence-corrected chi connectivity index (χ0v) is 15.4. The van der Waals surface area contributed by atoms with Crippen LogP contribution in [0.2, 0.25) is 5.02 Å². The van der Waals surface area contributed by atoms with Crippen LogP contribution >= 0.6 is 11.6 Å². The van der Waals surface area contributed by atoms with Gasteiger partial charge in [-0.15, -0.1) is 0 Å². The van der Waals surface area contributed by atoms with Crippen molar-refractivity contribution in [2.75, 3.05) is 0 Å². The second kappa shape index (κ2) is 8.52. The van der Waals surface area contributed by atoms with Crippen molar-refractivity contribution in [3.63, 3.8) is 0 Å². The molecule has 0 unspecified atom stereocenters. The fraction of sp³-hybridized carbons (Fsp3) is 0.190. The molecule has 0 N–H and O–H groups in total. The number of pyridine rings is 2. The van der Waals surface area contributed by atoms with Crippen molar-refractivity contribution >= 4 is 17.4 Å². The van der Waals surface area contributed by atoms with Crippen LogP contribution in [0.25, 0.3) is 0 Å². The van der Waals surface area contributed by atoms with Gasteiger partial charge in [0.05, 0.1) is 11.3 Å². The molecule has 0 fully saturated rings. The number of rotatable bonds is 6. The normalized spacial score (nSPS) is 12.6. The molecule has 2 heterocycles. The Balaban J connectivity index is 1.97. The van der Waals surface area contributed by atoms with Crippen LogP contribution in [0, 0.1) is 0 Å². The monoisotopic (exact) mass is 404 g/mol. The summed E-state index contributed by atoms with van der Waals surface area (Å²) in [6.45, 7) is 0. The van der Waals surface area contributed by atoms with Gasteiger partial charge in [0.2, 0.25) is 0 Å². The molecule has 0 aliphatic heterocycles. The van der Waals surface area contributed by atoms with Crippen LogP contribution in [0.5, 0.6) is 0 Å². The summed E-state index contributed by atoms with van der Waals surface area (Å²) in [4.78, 5) is 20.6. The third kappa shape index (κ3) is 4.95. The van der Waals surface area contributed by atoms with Crippen molar-refractivity contribution in [3.05, 3.63) is 94.5 Å². The highest BCUT2D eigenvalue weighted by molar-refractivity contribution is 6.30. The molecule has 3 nitrogen and oxygen atoms in total. The van der Waals surface area contributed by atoms with Crippen LogP contribution in [0.4, 0.5) is 13.2 Å². The maximum Gasteiger partial charge on any atom is 0.418 e. The van der Waals surface area contributed by atoms with Gasteiger partial charge < -0.3 is 0 Å². The molecule has 0 radical (unpaired) electrons. The SMILES string of the molecule is O=C(Cc1cccnc1)C[C@@H](c1ccc(Cl)cc1)c1ncccc1C(F)(F)F. The lowest BCUT2D eigenvalue weighted by atomic mass is 9.87. The fourth-order valence-electron chi connectivity index (χ4n) is 3.03. The molecule has 2 aromatic heterocycles. The summed E-state index contributed by atoms with van der Waals surface area (Å²) in [5.74, 6) is -1.04. The molecule has 7 heteroatoms. The summed E-state index contributed by atoms with van der Waals surface area (Å²) in [6, 6.07) is 12.1. The van der Waals surface area contributed by atoms with Crippen molar-refractivity contribution in [1.82, 2.24) is 9.97 Å². The second-order valence-electron chi connectivity index (χ2n) is 6.32. The molecule has 0 amide bonds. The van der Waals surface area contributed by atoms with Gasteiger partial charge in [0, 0.05) is 42.4 Å². The summed E-state index contributed by atoms with van der Waals surface area (Å²) in [5, 5.41) is 0.459. The molecule has 28 heavy (non-hydrogen) atoms. The van der Waals surface area contributed by atoms with Crippen molar-refractivity contribution in [2.45, 2.75) is 24.9 Å². The first-order valence-corrected chi connectivity index (χ1v) is 8.90. The van der Waals surface area contributed by atoms with E-state index in [1.54, 1.807) is 48.8 Å². The van der Waals surface area contributed by atoms with Crippen LogP contribution in [0.1, 0.15) is 34.7 Å². The third-order valence-electron chi connectivity index (χ3n) is 4.30. The molecule has 0 spiro atoms. The number of benzene rings is 1. The van der Waals surface area contributed by atoms with Gasteiger partial charge in [-0.2, -0.15) is 13.2 Å². The molecule has 0 bridgehead atoms. The van der Waals surface area contributed by atoms with Crippen LogP contribution in [-0.2, 0) is 17.4 Å². The van der Waals surface area contributed by atoms with E-state index in [0.29, 0.717) is 16.1 Å². The van der Waals surface area contributed by atoms with Crippen LogP contribution < -0.4 is 0 Å². The van der Waals surface area contributed by atoms with E-state index in [9.17, 15) is 18.0 Å². The number of Topliss-reactive ketones (excluding diaryl/α,β-unsaturated/α-hetero) is 1.